The Labute approximate surface area is 162 Å². The molecule has 0 radical (unpaired) electrons. The van der Waals surface area contributed by atoms with Gasteiger partial charge in [-0.2, -0.15) is 0 Å². The first-order valence-corrected chi connectivity index (χ1v) is 9.50. The first-order valence-electron chi connectivity index (χ1n) is 9.50. The number of rotatable bonds is 6. The summed E-state index contributed by atoms with van der Waals surface area (Å²) in [4.78, 5) is 0. The highest BCUT2D eigenvalue weighted by Gasteiger charge is 2.51. The molecule has 0 amide bonds. The molecule has 1 fully saturated rings. The molecule has 0 spiro atoms. The highest BCUT2D eigenvalue weighted by Crippen LogP contribution is 2.36. The number of hydrogen-bond donors (Lipinski definition) is 0. The van der Waals surface area contributed by atoms with Crippen LogP contribution in [0.1, 0.15) is 45.7 Å². The maximum Gasteiger partial charge on any atom is 0.494 e. The fourth-order valence-corrected chi connectivity index (χ4v) is 2.96. The van der Waals surface area contributed by atoms with Gasteiger partial charge >= 0.3 is 7.12 Å². The van der Waals surface area contributed by atoms with Gasteiger partial charge in [-0.15, -0.1) is 0 Å². The van der Waals surface area contributed by atoms with Crippen LogP contribution < -0.4 is 14.9 Å². The van der Waals surface area contributed by atoms with Crippen molar-refractivity contribution in [1.82, 2.24) is 0 Å². The normalized spacial score (nSPS) is 17.8. The van der Waals surface area contributed by atoms with E-state index in [0.29, 0.717) is 6.61 Å². The van der Waals surface area contributed by atoms with Crippen LogP contribution in [0.2, 0.25) is 0 Å². The third-order valence-electron chi connectivity index (χ3n) is 5.54. The van der Waals surface area contributed by atoms with Crippen LogP contribution in [0.3, 0.4) is 0 Å². The van der Waals surface area contributed by atoms with E-state index in [9.17, 15) is 0 Å². The Hall–Kier alpha value is -1.98. The topological polar surface area (TPSA) is 36.9 Å². The molecule has 1 heterocycles. The van der Waals surface area contributed by atoms with E-state index in [4.69, 9.17) is 18.8 Å². The molecule has 1 aliphatic heterocycles. The zero-order valence-corrected chi connectivity index (χ0v) is 17.2. The van der Waals surface area contributed by atoms with Crippen molar-refractivity contribution in [3.63, 3.8) is 0 Å². The molecule has 0 N–H and O–H groups in total. The van der Waals surface area contributed by atoms with Gasteiger partial charge in [-0.1, -0.05) is 37.3 Å². The largest absolute Gasteiger partial charge is 0.494 e. The van der Waals surface area contributed by atoms with Gasteiger partial charge in [-0.25, -0.2) is 0 Å². The van der Waals surface area contributed by atoms with Crippen molar-refractivity contribution >= 4 is 12.6 Å². The minimum Gasteiger partial charge on any atom is -0.493 e. The molecule has 0 aromatic heterocycles. The lowest BCUT2D eigenvalue weighted by Crippen LogP contribution is -2.41. The van der Waals surface area contributed by atoms with Crippen LogP contribution in [0.25, 0.3) is 0 Å². The maximum atomic E-state index is 6.10. The fourth-order valence-electron chi connectivity index (χ4n) is 2.96. The molecule has 0 bridgehead atoms. The summed E-state index contributed by atoms with van der Waals surface area (Å²) in [6.45, 7) is 10.8. The van der Waals surface area contributed by atoms with Gasteiger partial charge in [0.2, 0.25) is 0 Å². The van der Waals surface area contributed by atoms with Crippen LogP contribution >= 0.6 is 0 Å². The third kappa shape index (κ3) is 4.15. The fraction of sp³-hybridized carbons (Fsp3) is 0.455. The summed E-state index contributed by atoms with van der Waals surface area (Å²) in [5, 5.41) is 0. The highest BCUT2D eigenvalue weighted by atomic mass is 16.7. The van der Waals surface area contributed by atoms with Crippen LogP contribution in [-0.2, 0) is 22.3 Å². The summed E-state index contributed by atoms with van der Waals surface area (Å²) in [6, 6.07) is 14.2. The summed E-state index contributed by atoms with van der Waals surface area (Å²) in [7, 11) is 1.33. The molecule has 0 saturated carbocycles. The van der Waals surface area contributed by atoms with Crippen LogP contribution in [-0.4, -0.2) is 25.4 Å². The van der Waals surface area contributed by atoms with Crippen molar-refractivity contribution in [2.24, 2.45) is 0 Å². The van der Waals surface area contributed by atoms with Gasteiger partial charge in [0.15, 0.2) is 11.5 Å². The average Bonchev–Trinajstić information content (AvgIpc) is 2.87. The van der Waals surface area contributed by atoms with Gasteiger partial charge in [-0.3, -0.25) is 0 Å². The SMILES string of the molecule is CCc1ccc(OCc2ccc(B3OC(C)(C)C(C)(C)O3)cc2)c(OC)c1. The lowest BCUT2D eigenvalue weighted by atomic mass is 9.79. The summed E-state index contributed by atoms with van der Waals surface area (Å²) in [5.41, 5.74) is 2.66. The molecule has 27 heavy (non-hydrogen) atoms. The first-order chi connectivity index (χ1) is 12.8. The van der Waals surface area contributed by atoms with Crippen molar-refractivity contribution in [2.75, 3.05) is 7.11 Å². The van der Waals surface area contributed by atoms with Crippen molar-refractivity contribution < 1.29 is 18.8 Å². The predicted octanol–water partition coefficient (Wildman–Crippen LogP) is 4.14. The Morgan fingerprint density at radius 1 is 0.852 bits per heavy atom. The van der Waals surface area contributed by atoms with Crippen LogP contribution in [0.15, 0.2) is 42.5 Å². The quantitative estimate of drug-likeness (QED) is 0.719. The summed E-state index contributed by atoms with van der Waals surface area (Å²) >= 11 is 0. The molecule has 0 aliphatic carbocycles. The second kappa shape index (κ2) is 7.57. The lowest BCUT2D eigenvalue weighted by Gasteiger charge is -2.32. The van der Waals surface area contributed by atoms with Crippen molar-refractivity contribution in [2.45, 2.75) is 58.8 Å². The van der Waals surface area contributed by atoms with Crippen molar-refractivity contribution in [1.29, 1.82) is 0 Å². The molecular weight excluding hydrogens is 339 g/mol. The standard InChI is InChI=1S/C22H29BO4/c1-7-16-10-13-19(20(14-16)24-6)25-15-17-8-11-18(12-9-17)23-26-21(2,3)22(4,5)27-23/h8-14H,7,15H2,1-6H3. The van der Waals surface area contributed by atoms with E-state index in [0.717, 1.165) is 28.9 Å². The summed E-state index contributed by atoms with van der Waals surface area (Å²) in [6.07, 6.45) is 0.969. The lowest BCUT2D eigenvalue weighted by molar-refractivity contribution is 0.00578. The minimum atomic E-state index is -0.341. The maximum absolute atomic E-state index is 6.10. The van der Waals surface area contributed by atoms with Crippen LogP contribution in [0.4, 0.5) is 0 Å². The summed E-state index contributed by atoms with van der Waals surface area (Å²) in [5.74, 6) is 1.52. The van der Waals surface area contributed by atoms with Gasteiger partial charge in [-0.05, 0) is 62.8 Å². The van der Waals surface area contributed by atoms with Crippen molar-refractivity contribution in [3.05, 3.63) is 53.6 Å². The molecule has 3 rings (SSSR count). The molecule has 0 atom stereocenters. The Balaban J connectivity index is 1.65. The number of aryl methyl sites for hydroxylation is 1. The molecule has 1 saturated heterocycles. The zero-order valence-electron chi connectivity index (χ0n) is 17.2. The number of benzene rings is 2. The second-order valence-corrected chi connectivity index (χ2v) is 7.96. The highest BCUT2D eigenvalue weighted by molar-refractivity contribution is 6.62. The molecule has 0 unspecified atom stereocenters. The first kappa shape index (κ1) is 19.8. The minimum absolute atomic E-state index is 0.333. The molecular formula is C22H29BO4. The van der Waals surface area contributed by atoms with Crippen LogP contribution in [0, 0.1) is 0 Å². The third-order valence-corrected chi connectivity index (χ3v) is 5.54. The van der Waals surface area contributed by atoms with Crippen LogP contribution in [0.5, 0.6) is 11.5 Å². The van der Waals surface area contributed by atoms with Gasteiger partial charge in [0.05, 0.1) is 18.3 Å². The number of ether oxygens (including phenoxy) is 2. The molecule has 2 aromatic rings. The monoisotopic (exact) mass is 368 g/mol. The number of methoxy groups -OCH3 is 1. The van der Waals surface area contributed by atoms with Gasteiger partial charge in [0.25, 0.3) is 0 Å². The second-order valence-electron chi connectivity index (χ2n) is 7.96. The Bertz CT molecular complexity index is 767. The summed E-state index contributed by atoms with van der Waals surface area (Å²) < 4.78 is 23.6. The average molecular weight is 368 g/mol. The van der Waals surface area contributed by atoms with Gasteiger partial charge < -0.3 is 18.8 Å². The Morgan fingerprint density at radius 3 is 2.00 bits per heavy atom. The molecule has 144 valence electrons. The Morgan fingerprint density at radius 2 is 1.44 bits per heavy atom. The van der Waals surface area contributed by atoms with E-state index in [1.807, 2.05) is 36.4 Å². The molecule has 5 heteroatoms. The zero-order chi connectivity index (χ0) is 19.7. The van der Waals surface area contributed by atoms with Crippen molar-refractivity contribution in [3.8, 4) is 11.5 Å². The van der Waals surface area contributed by atoms with E-state index < -0.39 is 0 Å². The van der Waals surface area contributed by atoms with Gasteiger partial charge in [0, 0.05) is 0 Å². The predicted molar refractivity (Wildman–Crippen MR) is 109 cm³/mol. The number of hydrogen-bond acceptors (Lipinski definition) is 4. The molecule has 2 aromatic carbocycles. The smallest absolute Gasteiger partial charge is 0.493 e. The molecule has 1 aliphatic rings. The van der Waals surface area contributed by atoms with Gasteiger partial charge in [0.1, 0.15) is 6.61 Å². The van der Waals surface area contributed by atoms with E-state index in [1.54, 1.807) is 7.11 Å². The van der Waals surface area contributed by atoms with E-state index >= 15 is 0 Å². The molecule has 4 nitrogen and oxygen atoms in total. The van der Waals surface area contributed by atoms with E-state index in [-0.39, 0.29) is 18.3 Å². The van der Waals surface area contributed by atoms with E-state index in [1.165, 1.54) is 5.56 Å². The van der Waals surface area contributed by atoms with E-state index in [2.05, 4.69) is 40.7 Å². The Kier molecular flexibility index (Phi) is 5.54.